The zero-order chi connectivity index (χ0) is 17.5. The Morgan fingerprint density at radius 3 is 2.33 bits per heavy atom. The molecule has 2 aromatic carbocycles. The normalized spacial score (nSPS) is 10.9. The molecule has 0 fully saturated rings. The number of carbonyl (C=O) groups excluding carboxylic acids is 1. The topological polar surface area (TPSA) is 44.8 Å². The van der Waals surface area contributed by atoms with Crippen molar-refractivity contribution in [3.05, 3.63) is 59.7 Å². The van der Waals surface area contributed by atoms with E-state index in [9.17, 15) is 13.6 Å². The van der Waals surface area contributed by atoms with Crippen LogP contribution in [0.4, 0.5) is 8.78 Å². The molecule has 0 aliphatic rings. The lowest BCUT2D eigenvalue weighted by molar-refractivity contribution is -0.0498. The Hall–Kier alpha value is -2.89. The second-order valence-corrected chi connectivity index (χ2v) is 4.68. The minimum atomic E-state index is -2.90. The second kappa shape index (κ2) is 8.10. The largest absolute Gasteiger partial charge is 0.493 e. The van der Waals surface area contributed by atoms with E-state index in [1.807, 2.05) is 0 Å². The molecule has 0 bridgehead atoms. The van der Waals surface area contributed by atoms with E-state index in [1.54, 1.807) is 24.3 Å². The quantitative estimate of drug-likeness (QED) is 0.562. The first-order valence-corrected chi connectivity index (χ1v) is 7.03. The van der Waals surface area contributed by atoms with Crippen LogP contribution in [0.15, 0.2) is 48.5 Å². The Labute approximate surface area is 138 Å². The molecule has 4 nitrogen and oxygen atoms in total. The smallest absolute Gasteiger partial charge is 0.387 e. The molecule has 0 aromatic heterocycles. The van der Waals surface area contributed by atoms with E-state index in [4.69, 9.17) is 9.47 Å². The SMILES string of the molecule is COc1cccc(/C=C/C(=O)c2ccc(OC(F)F)cc2)c1OC. The van der Waals surface area contributed by atoms with E-state index >= 15 is 0 Å². The third-order valence-corrected chi connectivity index (χ3v) is 3.21. The van der Waals surface area contributed by atoms with Crippen molar-refractivity contribution in [3.8, 4) is 17.2 Å². The van der Waals surface area contributed by atoms with E-state index in [0.717, 1.165) is 0 Å². The first kappa shape index (κ1) is 17.5. The van der Waals surface area contributed by atoms with Gasteiger partial charge in [-0.05, 0) is 42.5 Å². The summed E-state index contributed by atoms with van der Waals surface area (Å²) < 4.78 is 38.9. The third-order valence-electron chi connectivity index (χ3n) is 3.21. The number of carbonyl (C=O) groups is 1. The predicted octanol–water partition coefficient (Wildman–Crippen LogP) is 4.20. The summed E-state index contributed by atoms with van der Waals surface area (Å²) in [6, 6.07) is 10.8. The van der Waals surface area contributed by atoms with Gasteiger partial charge in [-0.15, -0.1) is 0 Å². The molecule has 24 heavy (non-hydrogen) atoms. The highest BCUT2D eigenvalue weighted by atomic mass is 19.3. The summed E-state index contributed by atoms with van der Waals surface area (Å²) in [6.45, 7) is -2.90. The van der Waals surface area contributed by atoms with Gasteiger partial charge in [0, 0.05) is 11.1 Å². The summed E-state index contributed by atoms with van der Waals surface area (Å²) >= 11 is 0. The maximum absolute atomic E-state index is 12.2. The lowest BCUT2D eigenvalue weighted by Crippen LogP contribution is -2.02. The summed E-state index contributed by atoms with van der Waals surface area (Å²) in [7, 11) is 3.04. The van der Waals surface area contributed by atoms with Crippen LogP contribution in [-0.2, 0) is 0 Å². The minimum Gasteiger partial charge on any atom is -0.493 e. The van der Waals surface area contributed by atoms with Crippen molar-refractivity contribution >= 4 is 11.9 Å². The van der Waals surface area contributed by atoms with Crippen LogP contribution in [-0.4, -0.2) is 26.6 Å². The fourth-order valence-corrected chi connectivity index (χ4v) is 2.11. The van der Waals surface area contributed by atoms with Crippen LogP contribution in [0.2, 0.25) is 0 Å². The monoisotopic (exact) mass is 334 g/mol. The number of halogens is 2. The number of allylic oxidation sites excluding steroid dienone is 1. The number of hydrogen-bond donors (Lipinski definition) is 0. The molecule has 6 heteroatoms. The van der Waals surface area contributed by atoms with Gasteiger partial charge in [0.1, 0.15) is 5.75 Å². The van der Waals surface area contributed by atoms with Crippen LogP contribution in [0, 0.1) is 0 Å². The molecule has 0 atom stereocenters. The van der Waals surface area contributed by atoms with Gasteiger partial charge in [-0.25, -0.2) is 0 Å². The number of rotatable bonds is 7. The van der Waals surface area contributed by atoms with Crippen molar-refractivity contribution in [2.75, 3.05) is 14.2 Å². The molecule has 0 unspecified atom stereocenters. The van der Waals surface area contributed by atoms with Crippen LogP contribution in [0.5, 0.6) is 17.2 Å². The molecule has 0 aliphatic heterocycles. The first-order valence-electron chi connectivity index (χ1n) is 7.03. The van der Waals surface area contributed by atoms with E-state index in [0.29, 0.717) is 22.6 Å². The van der Waals surface area contributed by atoms with Gasteiger partial charge in [-0.1, -0.05) is 12.1 Å². The van der Waals surface area contributed by atoms with Crippen molar-refractivity contribution in [1.82, 2.24) is 0 Å². The Morgan fingerprint density at radius 2 is 1.75 bits per heavy atom. The molecule has 0 amide bonds. The van der Waals surface area contributed by atoms with Gasteiger partial charge in [0.15, 0.2) is 17.3 Å². The molecular weight excluding hydrogens is 318 g/mol. The molecule has 126 valence electrons. The maximum Gasteiger partial charge on any atom is 0.387 e. The number of benzene rings is 2. The molecule has 0 saturated heterocycles. The fourth-order valence-electron chi connectivity index (χ4n) is 2.11. The van der Waals surface area contributed by atoms with E-state index in [2.05, 4.69) is 4.74 Å². The molecule has 0 N–H and O–H groups in total. The molecule has 0 aliphatic carbocycles. The van der Waals surface area contributed by atoms with E-state index in [1.165, 1.54) is 44.6 Å². The summed E-state index contributed by atoms with van der Waals surface area (Å²) in [4.78, 5) is 12.2. The average molecular weight is 334 g/mol. The van der Waals surface area contributed by atoms with Crippen LogP contribution >= 0.6 is 0 Å². The van der Waals surface area contributed by atoms with Gasteiger partial charge in [0.05, 0.1) is 14.2 Å². The Balaban J connectivity index is 2.16. The van der Waals surface area contributed by atoms with Crippen molar-refractivity contribution in [2.24, 2.45) is 0 Å². The number of methoxy groups -OCH3 is 2. The van der Waals surface area contributed by atoms with Crippen molar-refractivity contribution in [2.45, 2.75) is 6.61 Å². The van der Waals surface area contributed by atoms with Crippen LogP contribution in [0.3, 0.4) is 0 Å². The number of para-hydroxylation sites is 1. The minimum absolute atomic E-state index is 0.00000503. The molecule has 0 heterocycles. The van der Waals surface area contributed by atoms with Gasteiger partial charge in [0.2, 0.25) is 0 Å². The van der Waals surface area contributed by atoms with E-state index < -0.39 is 6.61 Å². The van der Waals surface area contributed by atoms with Gasteiger partial charge < -0.3 is 14.2 Å². The molecule has 0 spiro atoms. The summed E-state index contributed by atoms with van der Waals surface area (Å²) in [5, 5.41) is 0. The van der Waals surface area contributed by atoms with Gasteiger partial charge in [0.25, 0.3) is 0 Å². The Morgan fingerprint density at radius 1 is 1.04 bits per heavy atom. The summed E-state index contributed by atoms with van der Waals surface area (Å²) in [6.07, 6.45) is 2.98. The zero-order valence-electron chi connectivity index (χ0n) is 13.2. The number of ketones is 1. The highest BCUT2D eigenvalue weighted by Crippen LogP contribution is 2.31. The lowest BCUT2D eigenvalue weighted by Gasteiger charge is -2.09. The van der Waals surface area contributed by atoms with Gasteiger partial charge in [-0.3, -0.25) is 4.79 Å². The Kier molecular flexibility index (Phi) is 5.89. The maximum atomic E-state index is 12.2. The number of ether oxygens (including phenoxy) is 3. The fraction of sp³-hybridized carbons (Fsp3) is 0.167. The van der Waals surface area contributed by atoms with Crippen LogP contribution in [0.1, 0.15) is 15.9 Å². The molecule has 2 rings (SSSR count). The first-order chi connectivity index (χ1) is 11.5. The van der Waals surface area contributed by atoms with Crippen LogP contribution in [0.25, 0.3) is 6.08 Å². The Bertz CT molecular complexity index is 724. The predicted molar refractivity (Wildman–Crippen MR) is 86.0 cm³/mol. The van der Waals surface area contributed by atoms with Crippen molar-refractivity contribution < 1.29 is 27.8 Å². The summed E-state index contributed by atoms with van der Waals surface area (Å²) in [5.41, 5.74) is 1.04. The second-order valence-electron chi connectivity index (χ2n) is 4.68. The number of hydrogen-bond acceptors (Lipinski definition) is 4. The average Bonchev–Trinajstić information content (AvgIpc) is 2.59. The molecule has 0 saturated carbocycles. The summed E-state index contributed by atoms with van der Waals surface area (Å²) in [5.74, 6) is 0.800. The van der Waals surface area contributed by atoms with Crippen molar-refractivity contribution in [3.63, 3.8) is 0 Å². The van der Waals surface area contributed by atoms with E-state index in [-0.39, 0.29) is 11.5 Å². The number of alkyl halides is 2. The molecule has 0 radical (unpaired) electrons. The van der Waals surface area contributed by atoms with Gasteiger partial charge in [-0.2, -0.15) is 8.78 Å². The highest BCUT2D eigenvalue weighted by Gasteiger charge is 2.09. The van der Waals surface area contributed by atoms with Crippen LogP contribution < -0.4 is 14.2 Å². The van der Waals surface area contributed by atoms with Gasteiger partial charge >= 0.3 is 6.61 Å². The third kappa shape index (κ3) is 4.32. The standard InChI is InChI=1S/C18H16F2O4/c1-22-16-5-3-4-13(17(16)23-2)8-11-15(21)12-6-9-14(10-7-12)24-18(19)20/h3-11,18H,1-2H3/b11-8+. The highest BCUT2D eigenvalue weighted by molar-refractivity contribution is 6.07. The zero-order valence-corrected chi connectivity index (χ0v) is 13.2. The molecule has 2 aromatic rings. The van der Waals surface area contributed by atoms with Crippen molar-refractivity contribution in [1.29, 1.82) is 0 Å². The lowest BCUT2D eigenvalue weighted by atomic mass is 10.1. The molecular formula is C18H16F2O4.